The lowest BCUT2D eigenvalue weighted by molar-refractivity contribution is 0.0696. The van der Waals surface area contributed by atoms with Crippen molar-refractivity contribution >= 4 is 23.1 Å². The largest absolute Gasteiger partial charge is 0.478 e. The van der Waals surface area contributed by atoms with Crippen LogP contribution in [-0.4, -0.2) is 41.4 Å². The van der Waals surface area contributed by atoms with Crippen molar-refractivity contribution in [1.82, 2.24) is 24.4 Å². The van der Waals surface area contributed by atoms with E-state index in [1.807, 2.05) is 31.4 Å². The highest BCUT2D eigenvalue weighted by Gasteiger charge is 2.16. The maximum absolute atomic E-state index is 12.7. The molecule has 9 heteroatoms. The Kier molecular flexibility index (Phi) is 4.11. The van der Waals surface area contributed by atoms with E-state index < -0.39 is 11.9 Å². The molecule has 0 atom stereocenters. The minimum Gasteiger partial charge on any atom is -0.478 e. The second kappa shape index (κ2) is 6.62. The van der Waals surface area contributed by atoms with Gasteiger partial charge in [0, 0.05) is 31.2 Å². The van der Waals surface area contributed by atoms with Crippen molar-refractivity contribution in [3.8, 4) is 11.3 Å². The molecule has 0 radical (unpaired) electrons. The van der Waals surface area contributed by atoms with Crippen molar-refractivity contribution in [2.75, 3.05) is 5.32 Å². The number of hydrogen-bond acceptors (Lipinski definition) is 5. The number of aromatic carboxylic acids is 1. The molecule has 9 nitrogen and oxygen atoms in total. The monoisotopic (exact) mass is 376 g/mol. The summed E-state index contributed by atoms with van der Waals surface area (Å²) in [5.41, 5.74) is 3.71. The molecule has 4 rings (SSSR count). The SMILES string of the molecule is Cc1ncc(C(=O)O)cc1NC(=O)c1cnn2cc(-c3ccnn3C)ccc12. The number of carboxylic acid groups (broad SMARTS) is 1. The first-order chi connectivity index (χ1) is 13.4. The van der Waals surface area contributed by atoms with Crippen LogP contribution in [0.3, 0.4) is 0 Å². The van der Waals surface area contributed by atoms with E-state index in [2.05, 4.69) is 20.5 Å². The molecule has 4 aromatic rings. The molecule has 0 bridgehead atoms. The Morgan fingerprint density at radius 3 is 2.68 bits per heavy atom. The lowest BCUT2D eigenvalue weighted by atomic mass is 10.1. The third-order valence-electron chi connectivity index (χ3n) is 4.46. The van der Waals surface area contributed by atoms with Gasteiger partial charge >= 0.3 is 5.97 Å². The number of carbonyl (C=O) groups excluding carboxylic acids is 1. The van der Waals surface area contributed by atoms with Crippen LogP contribution in [0.15, 0.2) is 49.1 Å². The summed E-state index contributed by atoms with van der Waals surface area (Å²) in [7, 11) is 1.85. The fraction of sp³-hybridized carbons (Fsp3) is 0.105. The Labute approximate surface area is 159 Å². The summed E-state index contributed by atoms with van der Waals surface area (Å²) in [5.74, 6) is -1.50. The Bertz CT molecular complexity index is 1220. The van der Waals surface area contributed by atoms with Gasteiger partial charge < -0.3 is 10.4 Å². The fourth-order valence-corrected chi connectivity index (χ4v) is 2.93. The van der Waals surface area contributed by atoms with E-state index in [4.69, 9.17) is 5.11 Å². The molecule has 28 heavy (non-hydrogen) atoms. The molecule has 0 aromatic carbocycles. The number of nitrogens with zero attached hydrogens (tertiary/aromatic N) is 5. The van der Waals surface area contributed by atoms with E-state index in [-0.39, 0.29) is 5.56 Å². The van der Waals surface area contributed by atoms with E-state index >= 15 is 0 Å². The minimum absolute atomic E-state index is 0.00147. The zero-order valence-corrected chi connectivity index (χ0v) is 15.1. The van der Waals surface area contributed by atoms with Gasteiger partial charge in [0.25, 0.3) is 5.91 Å². The third kappa shape index (κ3) is 2.98. The zero-order chi connectivity index (χ0) is 19.8. The number of anilines is 1. The Hall–Kier alpha value is -4.01. The molecular formula is C19H16N6O3. The third-order valence-corrected chi connectivity index (χ3v) is 4.46. The number of aromatic nitrogens is 5. The molecule has 0 spiro atoms. The van der Waals surface area contributed by atoms with Gasteiger partial charge in [-0.15, -0.1) is 0 Å². The molecule has 0 saturated carbocycles. The van der Waals surface area contributed by atoms with Gasteiger partial charge in [0.05, 0.1) is 39.9 Å². The number of aryl methyl sites for hydroxylation is 2. The van der Waals surface area contributed by atoms with E-state index in [1.54, 1.807) is 22.3 Å². The van der Waals surface area contributed by atoms with E-state index in [9.17, 15) is 9.59 Å². The average molecular weight is 376 g/mol. The van der Waals surface area contributed by atoms with Crippen LogP contribution in [-0.2, 0) is 7.05 Å². The van der Waals surface area contributed by atoms with Gasteiger partial charge in [-0.1, -0.05) is 0 Å². The van der Waals surface area contributed by atoms with Crippen LogP contribution in [0.25, 0.3) is 16.8 Å². The summed E-state index contributed by atoms with van der Waals surface area (Å²) in [6.07, 6.45) is 6.26. The first-order valence-electron chi connectivity index (χ1n) is 8.41. The average Bonchev–Trinajstić information content (AvgIpc) is 3.28. The summed E-state index contributed by atoms with van der Waals surface area (Å²) in [5, 5.41) is 20.3. The molecule has 140 valence electrons. The predicted octanol–water partition coefficient (Wildman–Crippen LogP) is 2.39. The normalized spacial score (nSPS) is 10.9. The zero-order valence-electron chi connectivity index (χ0n) is 15.1. The molecule has 4 aromatic heterocycles. The van der Waals surface area contributed by atoms with Gasteiger partial charge in [0.1, 0.15) is 0 Å². The molecule has 0 aliphatic carbocycles. The number of rotatable bonds is 4. The van der Waals surface area contributed by atoms with Crippen molar-refractivity contribution < 1.29 is 14.7 Å². The molecule has 0 aliphatic heterocycles. The van der Waals surface area contributed by atoms with Crippen LogP contribution in [0.4, 0.5) is 5.69 Å². The highest BCUT2D eigenvalue weighted by atomic mass is 16.4. The second-order valence-electron chi connectivity index (χ2n) is 6.26. The van der Waals surface area contributed by atoms with Gasteiger partial charge in [-0.25, -0.2) is 9.31 Å². The lowest BCUT2D eigenvalue weighted by Crippen LogP contribution is -2.14. The predicted molar refractivity (Wildman–Crippen MR) is 101 cm³/mol. The molecule has 0 saturated heterocycles. The molecule has 0 unspecified atom stereocenters. The number of fused-ring (bicyclic) bond motifs is 1. The number of pyridine rings is 2. The quantitative estimate of drug-likeness (QED) is 0.565. The molecule has 0 fully saturated rings. The topological polar surface area (TPSA) is 114 Å². The maximum atomic E-state index is 12.7. The van der Waals surface area contributed by atoms with Crippen LogP contribution in [0.1, 0.15) is 26.4 Å². The standard InChI is InChI=1S/C19H16N6O3/c1-11-15(7-13(8-20-11)19(27)28)23-18(26)14-9-22-25-10-12(3-4-17(14)25)16-5-6-21-24(16)2/h3-10H,1-2H3,(H,23,26)(H,27,28). The smallest absolute Gasteiger partial charge is 0.337 e. The van der Waals surface area contributed by atoms with E-state index in [0.29, 0.717) is 22.5 Å². The lowest BCUT2D eigenvalue weighted by Gasteiger charge is -2.08. The summed E-state index contributed by atoms with van der Waals surface area (Å²) in [6, 6.07) is 6.98. The molecule has 1 amide bonds. The van der Waals surface area contributed by atoms with Crippen molar-refractivity contribution in [1.29, 1.82) is 0 Å². The Morgan fingerprint density at radius 2 is 1.96 bits per heavy atom. The molecular weight excluding hydrogens is 360 g/mol. The first kappa shape index (κ1) is 17.4. The summed E-state index contributed by atoms with van der Waals surface area (Å²) >= 11 is 0. The fourth-order valence-electron chi connectivity index (χ4n) is 2.93. The summed E-state index contributed by atoms with van der Waals surface area (Å²) < 4.78 is 3.37. The van der Waals surface area contributed by atoms with Crippen LogP contribution >= 0.6 is 0 Å². The van der Waals surface area contributed by atoms with Crippen LogP contribution in [0.5, 0.6) is 0 Å². The van der Waals surface area contributed by atoms with Crippen LogP contribution in [0, 0.1) is 6.92 Å². The summed E-state index contributed by atoms with van der Waals surface area (Å²) in [6.45, 7) is 1.69. The molecule has 2 N–H and O–H groups in total. The number of hydrogen-bond donors (Lipinski definition) is 2. The molecule has 0 aliphatic rings. The Morgan fingerprint density at radius 1 is 1.14 bits per heavy atom. The van der Waals surface area contributed by atoms with E-state index in [1.165, 1.54) is 18.5 Å². The first-order valence-corrected chi connectivity index (χ1v) is 8.41. The number of amides is 1. The van der Waals surface area contributed by atoms with Gasteiger partial charge in [0.2, 0.25) is 0 Å². The Balaban J connectivity index is 1.66. The highest BCUT2D eigenvalue weighted by Crippen LogP contribution is 2.22. The highest BCUT2D eigenvalue weighted by molar-refractivity contribution is 6.09. The van der Waals surface area contributed by atoms with E-state index in [0.717, 1.165) is 11.3 Å². The molecule has 4 heterocycles. The number of nitrogens with one attached hydrogen (secondary N) is 1. The number of carbonyl (C=O) groups is 2. The van der Waals surface area contributed by atoms with Crippen molar-refractivity contribution in [3.05, 3.63) is 65.9 Å². The van der Waals surface area contributed by atoms with Crippen molar-refractivity contribution in [3.63, 3.8) is 0 Å². The minimum atomic E-state index is -1.11. The van der Waals surface area contributed by atoms with Crippen molar-refractivity contribution in [2.24, 2.45) is 7.05 Å². The van der Waals surface area contributed by atoms with Crippen LogP contribution < -0.4 is 5.32 Å². The van der Waals surface area contributed by atoms with Crippen LogP contribution in [0.2, 0.25) is 0 Å². The summed E-state index contributed by atoms with van der Waals surface area (Å²) in [4.78, 5) is 27.9. The van der Waals surface area contributed by atoms with Gasteiger partial charge in [-0.3, -0.25) is 14.5 Å². The van der Waals surface area contributed by atoms with Gasteiger partial charge in [-0.05, 0) is 31.2 Å². The maximum Gasteiger partial charge on any atom is 0.337 e. The van der Waals surface area contributed by atoms with Gasteiger partial charge in [0.15, 0.2) is 0 Å². The van der Waals surface area contributed by atoms with Gasteiger partial charge in [-0.2, -0.15) is 10.2 Å². The second-order valence-corrected chi connectivity index (χ2v) is 6.26. The number of carboxylic acids is 1. The van der Waals surface area contributed by atoms with Crippen molar-refractivity contribution in [2.45, 2.75) is 6.92 Å².